The van der Waals surface area contributed by atoms with Gasteiger partial charge in [0.25, 0.3) is 0 Å². The number of nitrogens with one attached hydrogen (secondary N) is 1. The molecule has 0 saturated heterocycles. The highest BCUT2D eigenvalue weighted by molar-refractivity contribution is 7.88. The number of rotatable bonds is 6. The molecule has 0 spiro atoms. The first-order chi connectivity index (χ1) is 9.11. The fraction of sp³-hybridized carbons (Fsp3) is 0.231. The molecule has 1 aromatic carbocycles. The van der Waals surface area contributed by atoms with Crippen LogP contribution < -0.4 is 10.5 Å². The maximum absolute atomic E-state index is 12.0. The largest absolute Gasteiger partial charge is 0.468 e. The Hall–Kier alpha value is -1.63. The van der Waals surface area contributed by atoms with Crippen molar-refractivity contribution in [3.8, 4) is 0 Å². The number of sulfonamides is 1. The van der Waals surface area contributed by atoms with Crippen LogP contribution in [-0.4, -0.2) is 8.42 Å². The maximum Gasteiger partial charge on any atom is 0.216 e. The van der Waals surface area contributed by atoms with Crippen molar-refractivity contribution in [1.82, 2.24) is 4.72 Å². The third-order valence-corrected chi connectivity index (χ3v) is 4.01. The van der Waals surface area contributed by atoms with Crippen LogP contribution >= 0.6 is 0 Å². The Morgan fingerprint density at radius 3 is 2.47 bits per heavy atom. The summed E-state index contributed by atoms with van der Waals surface area (Å²) >= 11 is 0. The van der Waals surface area contributed by atoms with Gasteiger partial charge in [-0.1, -0.05) is 24.3 Å². The minimum Gasteiger partial charge on any atom is -0.468 e. The summed E-state index contributed by atoms with van der Waals surface area (Å²) in [6.07, 6.45) is 1.51. The van der Waals surface area contributed by atoms with Gasteiger partial charge in [0.2, 0.25) is 10.0 Å². The van der Waals surface area contributed by atoms with Gasteiger partial charge < -0.3 is 10.2 Å². The third kappa shape index (κ3) is 3.92. The van der Waals surface area contributed by atoms with E-state index in [-0.39, 0.29) is 12.3 Å². The topological polar surface area (TPSA) is 85.3 Å². The average molecular weight is 280 g/mol. The van der Waals surface area contributed by atoms with Crippen LogP contribution in [0.3, 0.4) is 0 Å². The van der Waals surface area contributed by atoms with Gasteiger partial charge in [-0.2, -0.15) is 0 Å². The molecule has 102 valence electrons. The van der Waals surface area contributed by atoms with Gasteiger partial charge in [0.05, 0.1) is 18.6 Å². The lowest BCUT2D eigenvalue weighted by atomic mass is 10.1. The Kier molecular flexibility index (Phi) is 4.36. The van der Waals surface area contributed by atoms with Gasteiger partial charge >= 0.3 is 0 Å². The molecule has 0 amide bonds. The fourth-order valence-electron chi connectivity index (χ4n) is 1.75. The maximum atomic E-state index is 12.0. The molecule has 0 aliphatic heterocycles. The first-order valence-corrected chi connectivity index (χ1v) is 7.52. The molecule has 5 nitrogen and oxygen atoms in total. The molecule has 1 heterocycles. The summed E-state index contributed by atoms with van der Waals surface area (Å²) < 4.78 is 31.5. The monoisotopic (exact) mass is 280 g/mol. The van der Waals surface area contributed by atoms with Crippen molar-refractivity contribution in [3.05, 3.63) is 59.5 Å². The van der Waals surface area contributed by atoms with Crippen LogP contribution in [0, 0.1) is 0 Å². The Bertz CT molecular complexity index is 621. The summed E-state index contributed by atoms with van der Waals surface area (Å²) in [6, 6.07) is 10.7. The van der Waals surface area contributed by atoms with Gasteiger partial charge in [0.15, 0.2) is 0 Å². The number of benzene rings is 1. The highest BCUT2D eigenvalue weighted by Gasteiger charge is 2.13. The average Bonchev–Trinajstić information content (AvgIpc) is 2.90. The molecule has 0 bridgehead atoms. The molecule has 0 saturated carbocycles. The van der Waals surface area contributed by atoms with Crippen LogP contribution in [0.5, 0.6) is 0 Å². The molecule has 2 rings (SSSR count). The molecule has 19 heavy (non-hydrogen) atoms. The molecule has 3 N–H and O–H groups in total. The summed E-state index contributed by atoms with van der Waals surface area (Å²) in [7, 11) is -3.41. The fourth-order valence-corrected chi connectivity index (χ4v) is 2.90. The van der Waals surface area contributed by atoms with Gasteiger partial charge in [-0.25, -0.2) is 13.1 Å². The van der Waals surface area contributed by atoms with E-state index >= 15 is 0 Å². The second kappa shape index (κ2) is 6.01. The third-order valence-electron chi connectivity index (χ3n) is 2.73. The standard InChI is InChI=1S/C13H16N2O3S/c14-8-11-4-1-2-5-12(11)10-19(16,17)15-9-13-6-3-7-18-13/h1-7,15H,8-10,14H2. The van der Waals surface area contributed by atoms with Gasteiger partial charge in [0, 0.05) is 6.54 Å². The SMILES string of the molecule is NCc1ccccc1CS(=O)(=O)NCc1ccco1. The quantitative estimate of drug-likeness (QED) is 0.836. The Morgan fingerprint density at radius 1 is 1.11 bits per heavy atom. The zero-order chi connectivity index (χ0) is 13.7. The number of nitrogens with two attached hydrogens (primary N) is 1. The summed E-state index contributed by atoms with van der Waals surface area (Å²) in [6.45, 7) is 0.476. The summed E-state index contributed by atoms with van der Waals surface area (Å²) in [4.78, 5) is 0. The van der Waals surface area contributed by atoms with Gasteiger partial charge in [-0.15, -0.1) is 0 Å². The van der Waals surface area contributed by atoms with Crippen molar-refractivity contribution in [2.45, 2.75) is 18.8 Å². The molecule has 0 atom stereocenters. The van der Waals surface area contributed by atoms with Crippen molar-refractivity contribution >= 4 is 10.0 Å². The molecule has 0 aliphatic rings. The van der Waals surface area contributed by atoms with Crippen LogP contribution in [0.25, 0.3) is 0 Å². The highest BCUT2D eigenvalue weighted by Crippen LogP contribution is 2.12. The second-order valence-corrected chi connectivity index (χ2v) is 5.94. The van der Waals surface area contributed by atoms with Crippen LogP contribution in [0.4, 0.5) is 0 Å². The van der Waals surface area contributed by atoms with E-state index < -0.39 is 10.0 Å². The van der Waals surface area contributed by atoms with Crippen molar-refractivity contribution in [3.63, 3.8) is 0 Å². The van der Waals surface area contributed by atoms with Gasteiger partial charge in [-0.05, 0) is 23.3 Å². The number of furan rings is 1. The van der Waals surface area contributed by atoms with Crippen LogP contribution in [0.2, 0.25) is 0 Å². The molecule has 6 heteroatoms. The molecular formula is C13H16N2O3S. The summed E-state index contributed by atoms with van der Waals surface area (Å²) in [5.41, 5.74) is 7.15. The zero-order valence-electron chi connectivity index (χ0n) is 10.4. The molecule has 0 aliphatic carbocycles. The van der Waals surface area contributed by atoms with E-state index in [1.54, 1.807) is 24.3 Å². The second-order valence-electron chi connectivity index (χ2n) is 4.13. The normalized spacial score (nSPS) is 11.6. The molecule has 0 radical (unpaired) electrons. The van der Waals surface area contributed by atoms with E-state index in [0.29, 0.717) is 12.3 Å². The first kappa shape index (κ1) is 13.8. The predicted octanol–water partition coefficient (Wildman–Crippen LogP) is 1.36. The van der Waals surface area contributed by atoms with E-state index in [0.717, 1.165) is 11.1 Å². The Balaban J connectivity index is 2.04. The molecular weight excluding hydrogens is 264 g/mol. The minimum absolute atomic E-state index is 0.0823. The molecule has 0 fully saturated rings. The number of hydrogen-bond acceptors (Lipinski definition) is 4. The molecule has 0 unspecified atom stereocenters. The molecule has 2 aromatic rings. The van der Waals surface area contributed by atoms with E-state index in [9.17, 15) is 8.42 Å². The lowest BCUT2D eigenvalue weighted by Gasteiger charge is -2.09. The van der Waals surface area contributed by atoms with Crippen molar-refractivity contribution in [1.29, 1.82) is 0 Å². The van der Waals surface area contributed by atoms with Crippen molar-refractivity contribution in [2.75, 3.05) is 0 Å². The van der Waals surface area contributed by atoms with E-state index in [1.165, 1.54) is 6.26 Å². The highest BCUT2D eigenvalue weighted by atomic mass is 32.2. The van der Waals surface area contributed by atoms with E-state index in [2.05, 4.69) is 4.72 Å². The van der Waals surface area contributed by atoms with Gasteiger partial charge in [0.1, 0.15) is 5.76 Å². The Morgan fingerprint density at radius 2 is 1.84 bits per heavy atom. The minimum atomic E-state index is -3.41. The first-order valence-electron chi connectivity index (χ1n) is 5.87. The van der Waals surface area contributed by atoms with Crippen molar-refractivity contribution in [2.24, 2.45) is 5.73 Å². The predicted molar refractivity (Wildman–Crippen MR) is 72.5 cm³/mol. The van der Waals surface area contributed by atoms with Crippen LogP contribution in [-0.2, 0) is 28.9 Å². The summed E-state index contributed by atoms with van der Waals surface area (Å²) in [5.74, 6) is 0.497. The van der Waals surface area contributed by atoms with E-state index in [4.69, 9.17) is 10.2 Å². The van der Waals surface area contributed by atoms with E-state index in [1.807, 2.05) is 12.1 Å². The van der Waals surface area contributed by atoms with Gasteiger partial charge in [-0.3, -0.25) is 0 Å². The smallest absolute Gasteiger partial charge is 0.216 e. The molecule has 1 aromatic heterocycles. The van der Waals surface area contributed by atoms with Crippen LogP contribution in [0.15, 0.2) is 47.1 Å². The summed E-state index contributed by atoms with van der Waals surface area (Å²) in [5, 5.41) is 0. The Labute approximate surface area is 112 Å². The lowest BCUT2D eigenvalue weighted by Crippen LogP contribution is -2.25. The number of hydrogen-bond donors (Lipinski definition) is 2. The van der Waals surface area contributed by atoms with Crippen LogP contribution in [0.1, 0.15) is 16.9 Å². The lowest BCUT2D eigenvalue weighted by molar-refractivity contribution is 0.498. The van der Waals surface area contributed by atoms with Crippen molar-refractivity contribution < 1.29 is 12.8 Å². The zero-order valence-corrected chi connectivity index (χ0v) is 11.2.